The molecule has 0 radical (unpaired) electrons. The molecule has 1 saturated heterocycles. The topological polar surface area (TPSA) is 77.5 Å². The maximum Gasteiger partial charge on any atom is 0.315 e. The Bertz CT molecular complexity index is 500. The van der Waals surface area contributed by atoms with Crippen LogP contribution in [-0.4, -0.2) is 41.4 Å². The normalized spacial score (nSPS) is 16.9. The van der Waals surface area contributed by atoms with E-state index in [1.54, 1.807) is 0 Å². The number of aliphatic hydroxyl groups is 1. The van der Waals surface area contributed by atoms with Crippen molar-refractivity contribution in [2.45, 2.75) is 51.6 Å². The number of nitrogens with zero attached hydrogens (tertiary/aromatic N) is 2. The van der Waals surface area contributed by atoms with E-state index in [4.69, 9.17) is 5.11 Å². The SMILES string of the molecule is CCC(C)(CCO)NC(=O)NCc1ccc(N2CCCC2)nc1. The molecule has 1 atom stereocenters. The highest BCUT2D eigenvalue weighted by Gasteiger charge is 2.23. The second-order valence-corrected chi connectivity index (χ2v) is 6.41. The van der Waals surface area contributed by atoms with Crippen LogP contribution in [0.3, 0.4) is 0 Å². The third-order valence-electron chi connectivity index (χ3n) is 4.55. The van der Waals surface area contributed by atoms with Crippen molar-refractivity contribution in [2.24, 2.45) is 0 Å². The van der Waals surface area contributed by atoms with Crippen LogP contribution in [0.2, 0.25) is 0 Å². The molecule has 1 aliphatic rings. The molecule has 2 heterocycles. The Morgan fingerprint density at radius 1 is 1.39 bits per heavy atom. The molecule has 1 aromatic rings. The molecule has 6 heteroatoms. The van der Waals surface area contributed by atoms with E-state index in [0.717, 1.165) is 30.9 Å². The molecule has 3 N–H and O–H groups in total. The number of aliphatic hydroxyl groups excluding tert-OH is 1. The van der Waals surface area contributed by atoms with E-state index in [-0.39, 0.29) is 18.2 Å². The number of anilines is 1. The molecule has 0 aromatic carbocycles. The highest BCUT2D eigenvalue weighted by Crippen LogP contribution is 2.17. The summed E-state index contributed by atoms with van der Waals surface area (Å²) in [6.45, 7) is 6.59. The fourth-order valence-electron chi connectivity index (χ4n) is 2.73. The predicted molar refractivity (Wildman–Crippen MR) is 91.5 cm³/mol. The van der Waals surface area contributed by atoms with Gasteiger partial charge in [0, 0.05) is 38.0 Å². The maximum absolute atomic E-state index is 12.0. The zero-order valence-electron chi connectivity index (χ0n) is 14.1. The largest absolute Gasteiger partial charge is 0.396 e. The number of urea groups is 1. The van der Waals surface area contributed by atoms with E-state index in [2.05, 4.69) is 20.5 Å². The molecule has 6 nitrogen and oxygen atoms in total. The second-order valence-electron chi connectivity index (χ2n) is 6.41. The van der Waals surface area contributed by atoms with Crippen molar-refractivity contribution in [3.63, 3.8) is 0 Å². The first-order valence-corrected chi connectivity index (χ1v) is 8.43. The molecular weight excluding hydrogens is 292 g/mol. The smallest absolute Gasteiger partial charge is 0.315 e. The third kappa shape index (κ3) is 5.10. The first kappa shape index (κ1) is 17.5. The van der Waals surface area contributed by atoms with E-state index in [1.165, 1.54) is 12.8 Å². The van der Waals surface area contributed by atoms with Gasteiger partial charge < -0.3 is 20.6 Å². The Morgan fingerprint density at radius 3 is 2.70 bits per heavy atom. The fourth-order valence-corrected chi connectivity index (χ4v) is 2.73. The molecular formula is C17H28N4O2. The van der Waals surface area contributed by atoms with Gasteiger partial charge in [0.1, 0.15) is 5.82 Å². The lowest BCUT2D eigenvalue weighted by Crippen LogP contribution is -2.50. The minimum absolute atomic E-state index is 0.0620. The average Bonchev–Trinajstić information content (AvgIpc) is 3.08. The van der Waals surface area contributed by atoms with Crippen LogP contribution in [0, 0.1) is 0 Å². The Kier molecular flexibility index (Phi) is 6.21. The van der Waals surface area contributed by atoms with E-state index < -0.39 is 0 Å². The number of carbonyl (C=O) groups is 1. The molecule has 2 amide bonds. The molecule has 0 aliphatic carbocycles. The van der Waals surface area contributed by atoms with Crippen LogP contribution < -0.4 is 15.5 Å². The van der Waals surface area contributed by atoms with Crippen LogP contribution >= 0.6 is 0 Å². The molecule has 1 unspecified atom stereocenters. The first-order valence-electron chi connectivity index (χ1n) is 8.43. The maximum atomic E-state index is 12.0. The number of nitrogens with one attached hydrogen (secondary N) is 2. The summed E-state index contributed by atoms with van der Waals surface area (Å²) < 4.78 is 0. The highest BCUT2D eigenvalue weighted by molar-refractivity contribution is 5.74. The summed E-state index contributed by atoms with van der Waals surface area (Å²) in [4.78, 5) is 18.8. The number of aromatic nitrogens is 1. The van der Waals surface area contributed by atoms with Gasteiger partial charge >= 0.3 is 6.03 Å². The Labute approximate surface area is 138 Å². The lowest BCUT2D eigenvalue weighted by molar-refractivity contribution is 0.200. The van der Waals surface area contributed by atoms with Gasteiger partial charge in [0.15, 0.2) is 0 Å². The van der Waals surface area contributed by atoms with Crippen LogP contribution in [0.1, 0.15) is 45.1 Å². The summed E-state index contributed by atoms with van der Waals surface area (Å²) in [5, 5.41) is 14.9. The van der Waals surface area contributed by atoms with E-state index >= 15 is 0 Å². The zero-order chi connectivity index (χ0) is 16.7. The molecule has 1 aliphatic heterocycles. The predicted octanol–water partition coefficient (Wildman–Crippen LogP) is 2.03. The first-order chi connectivity index (χ1) is 11.1. The van der Waals surface area contributed by atoms with Crippen molar-refractivity contribution in [1.82, 2.24) is 15.6 Å². The van der Waals surface area contributed by atoms with Crippen LogP contribution in [0.25, 0.3) is 0 Å². The van der Waals surface area contributed by atoms with Crippen molar-refractivity contribution in [1.29, 1.82) is 0 Å². The minimum atomic E-state index is -0.378. The number of amides is 2. The van der Waals surface area contributed by atoms with Crippen molar-refractivity contribution in [3.05, 3.63) is 23.9 Å². The van der Waals surface area contributed by atoms with E-state index in [1.807, 2.05) is 32.2 Å². The van der Waals surface area contributed by atoms with E-state index in [0.29, 0.717) is 13.0 Å². The van der Waals surface area contributed by atoms with Gasteiger partial charge in [0.2, 0.25) is 0 Å². The van der Waals surface area contributed by atoms with Crippen LogP contribution in [0.15, 0.2) is 18.3 Å². The number of hydrogen-bond acceptors (Lipinski definition) is 4. The highest BCUT2D eigenvalue weighted by atomic mass is 16.3. The summed E-state index contributed by atoms with van der Waals surface area (Å²) >= 11 is 0. The molecule has 128 valence electrons. The lowest BCUT2D eigenvalue weighted by Gasteiger charge is -2.29. The van der Waals surface area contributed by atoms with Crippen LogP contribution in [0.5, 0.6) is 0 Å². The summed E-state index contributed by atoms with van der Waals surface area (Å²) in [5.74, 6) is 1.01. The molecule has 1 fully saturated rings. The van der Waals surface area contributed by atoms with Gasteiger partial charge in [-0.05, 0) is 44.2 Å². The number of carbonyl (C=O) groups excluding carboxylic acids is 1. The Morgan fingerprint density at radius 2 is 2.13 bits per heavy atom. The number of pyridine rings is 1. The van der Waals surface area contributed by atoms with Gasteiger partial charge in [-0.15, -0.1) is 0 Å². The molecule has 1 aromatic heterocycles. The van der Waals surface area contributed by atoms with Crippen molar-refractivity contribution in [3.8, 4) is 0 Å². The molecule has 0 bridgehead atoms. The van der Waals surface area contributed by atoms with Gasteiger partial charge in [0.05, 0.1) is 0 Å². The average molecular weight is 320 g/mol. The summed E-state index contributed by atoms with van der Waals surface area (Å²) in [7, 11) is 0. The lowest BCUT2D eigenvalue weighted by atomic mass is 9.95. The third-order valence-corrected chi connectivity index (χ3v) is 4.55. The van der Waals surface area contributed by atoms with Gasteiger partial charge in [-0.1, -0.05) is 13.0 Å². The van der Waals surface area contributed by atoms with Gasteiger partial charge in [-0.25, -0.2) is 9.78 Å². The van der Waals surface area contributed by atoms with Crippen molar-refractivity contribution >= 4 is 11.8 Å². The number of hydrogen-bond donors (Lipinski definition) is 3. The zero-order valence-corrected chi connectivity index (χ0v) is 14.1. The Hall–Kier alpha value is -1.82. The van der Waals surface area contributed by atoms with Gasteiger partial charge in [-0.2, -0.15) is 0 Å². The summed E-state index contributed by atoms with van der Waals surface area (Å²) in [6.07, 6.45) is 5.60. The minimum Gasteiger partial charge on any atom is -0.396 e. The van der Waals surface area contributed by atoms with E-state index in [9.17, 15) is 4.79 Å². The summed E-state index contributed by atoms with van der Waals surface area (Å²) in [6, 6.07) is 3.81. The van der Waals surface area contributed by atoms with Crippen LogP contribution in [0.4, 0.5) is 10.6 Å². The molecule has 23 heavy (non-hydrogen) atoms. The standard InChI is InChI=1S/C17H28N4O2/c1-3-17(2,8-11-22)20-16(23)19-13-14-6-7-15(18-12-14)21-9-4-5-10-21/h6-7,12,22H,3-5,8-11,13H2,1-2H3,(H2,19,20,23). The number of rotatable bonds is 7. The Balaban J connectivity index is 1.81. The van der Waals surface area contributed by atoms with Gasteiger partial charge in [0.25, 0.3) is 0 Å². The van der Waals surface area contributed by atoms with Crippen LogP contribution in [-0.2, 0) is 6.54 Å². The molecule has 0 spiro atoms. The fraction of sp³-hybridized carbons (Fsp3) is 0.647. The van der Waals surface area contributed by atoms with Gasteiger partial charge in [-0.3, -0.25) is 0 Å². The van der Waals surface area contributed by atoms with Crippen molar-refractivity contribution in [2.75, 3.05) is 24.6 Å². The summed E-state index contributed by atoms with van der Waals surface area (Å²) in [5.41, 5.74) is 0.597. The quantitative estimate of drug-likeness (QED) is 0.718. The molecule has 0 saturated carbocycles. The monoisotopic (exact) mass is 320 g/mol. The van der Waals surface area contributed by atoms with Crippen molar-refractivity contribution < 1.29 is 9.90 Å². The second kappa shape index (κ2) is 8.15. The molecule has 2 rings (SSSR count).